The number of aromatic nitrogens is 1. The predicted octanol–water partition coefficient (Wildman–Crippen LogP) is 0.647. The highest BCUT2D eigenvalue weighted by molar-refractivity contribution is 5.93. The number of carboxylic acid groups (broad SMARTS) is 1. The molecule has 0 atom stereocenters. The van der Waals surface area contributed by atoms with Crippen molar-refractivity contribution in [2.75, 3.05) is 5.32 Å². The molecule has 1 amide bonds. The van der Waals surface area contributed by atoms with E-state index < -0.39 is 17.4 Å². The third kappa shape index (κ3) is 3.75. The number of hydrogen-bond acceptors (Lipinski definition) is 5. The summed E-state index contributed by atoms with van der Waals surface area (Å²) < 4.78 is 1.23. The standard InChI is InChI=1S/C18H17N3O4/c1-10-6-12(3)21(17(23)14(10)8-19)9-16(22)20-15-5-4-13(18(24)25)7-11(15)2/h4-7H,9H2,1-3H3,(H,20,22)(H,24,25)/p-1. The lowest BCUT2D eigenvalue weighted by molar-refractivity contribution is -0.255. The Morgan fingerprint density at radius 3 is 2.44 bits per heavy atom. The highest BCUT2D eigenvalue weighted by Crippen LogP contribution is 2.16. The van der Waals surface area contributed by atoms with Crippen molar-refractivity contribution in [3.8, 4) is 6.07 Å². The summed E-state index contributed by atoms with van der Waals surface area (Å²) in [7, 11) is 0. The summed E-state index contributed by atoms with van der Waals surface area (Å²) in [5.74, 6) is -1.76. The van der Waals surface area contributed by atoms with Gasteiger partial charge in [-0.05, 0) is 55.7 Å². The maximum atomic E-state index is 12.3. The van der Waals surface area contributed by atoms with Gasteiger partial charge in [0.25, 0.3) is 5.56 Å². The van der Waals surface area contributed by atoms with Crippen LogP contribution in [0.2, 0.25) is 0 Å². The molecule has 7 heteroatoms. The fraction of sp³-hybridized carbons (Fsp3) is 0.222. The van der Waals surface area contributed by atoms with Crippen LogP contribution < -0.4 is 16.0 Å². The quantitative estimate of drug-likeness (QED) is 0.879. The van der Waals surface area contributed by atoms with E-state index in [2.05, 4.69) is 5.32 Å². The second kappa shape index (κ2) is 7.01. The normalized spacial score (nSPS) is 10.2. The van der Waals surface area contributed by atoms with Gasteiger partial charge < -0.3 is 19.8 Å². The lowest BCUT2D eigenvalue weighted by Crippen LogP contribution is -2.31. The minimum Gasteiger partial charge on any atom is -0.545 e. The summed E-state index contributed by atoms with van der Waals surface area (Å²) in [6.45, 7) is 4.75. The Kier molecular flexibility index (Phi) is 5.03. The highest BCUT2D eigenvalue weighted by atomic mass is 16.4. The van der Waals surface area contributed by atoms with Gasteiger partial charge in [-0.15, -0.1) is 0 Å². The summed E-state index contributed by atoms with van der Waals surface area (Å²) in [6, 6.07) is 7.71. The number of nitrogens with zero attached hydrogens (tertiary/aromatic N) is 2. The summed E-state index contributed by atoms with van der Waals surface area (Å²) in [4.78, 5) is 35.4. The maximum Gasteiger partial charge on any atom is 0.269 e. The van der Waals surface area contributed by atoms with Crippen LogP contribution >= 0.6 is 0 Å². The molecule has 1 heterocycles. The molecule has 0 saturated heterocycles. The number of carbonyl (C=O) groups is 2. The van der Waals surface area contributed by atoms with Gasteiger partial charge >= 0.3 is 0 Å². The van der Waals surface area contributed by atoms with Crippen molar-refractivity contribution in [3.63, 3.8) is 0 Å². The smallest absolute Gasteiger partial charge is 0.269 e. The van der Waals surface area contributed by atoms with Crippen LogP contribution in [0.15, 0.2) is 29.1 Å². The molecule has 0 aliphatic heterocycles. The molecule has 0 aliphatic rings. The first-order valence-electron chi connectivity index (χ1n) is 7.47. The molecule has 128 valence electrons. The highest BCUT2D eigenvalue weighted by Gasteiger charge is 2.13. The predicted molar refractivity (Wildman–Crippen MR) is 89.0 cm³/mol. The summed E-state index contributed by atoms with van der Waals surface area (Å²) in [5, 5.41) is 22.5. The lowest BCUT2D eigenvalue weighted by atomic mass is 10.1. The van der Waals surface area contributed by atoms with Crippen molar-refractivity contribution in [1.82, 2.24) is 4.57 Å². The topological polar surface area (TPSA) is 115 Å². The Labute approximate surface area is 144 Å². The maximum absolute atomic E-state index is 12.3. The van der Waals surface area contributed by atoms with Crippen LogP contribution in [-0.2, 0) is 11.3 Å². The SMILES string of the molecule is Cc1cc(C(=O)[O-])ccc1NC(=O)Cn1c(C)cc(C)c(C#N)c1=O. The lowest BCUT2D eigenvalue weighted by Gasteiger charge is -2.14. The Balaban J connectivity index is 2.26. The molecule has 0 aliphatic carbocycles. The Morgan fingerprint density at radius 2 is 1.88 bits per heavy atom. The molecule has 0 spiro atoms. The molecule has 2 aromatic rings. The average molecular weight is 338 g/mol. The number of benzene rings is 1. The van der Waals surface area contributed by atoms with Crippen molar-refractivity contribution in [2.45, 2.75) is 27.3 Å². The van der Waals surface area contributed by atoms with Crippen LogP contribution in [0.3, 0.4) is 0 Å². The largest absolute Gasteiger partial charge is 0.545 e. The summed E-state index contributed by atoms with van der Waals surface area (Å²) in [6.07, 6.45) is 0. The number of nitrogens with one attached hydrogen (secondary N) is 1. The van der Waals surface area contributed by atoms with Crippen LogP contribution in [0.1, 0.15) is 32.7 Å². The zero-order valence-electron chi connectivity index (χ0n) is 14.0. The first-order chi connectivity index (χ1) is 11.7. The van der Waals surface area contributed by atoms with Gasteiger partial charge in [0.15, 0.2) is 0 Å². The summed E-state index contributed by atoms with van der Waals surface area (Å²) >= 11 is 0. The number of pyridine rings is 1. The summed E-state index contributed by atoms with van der Waals surface area (Å²) in [5.41, 5.74) is 1.64. The van der Waals surface area contributed by atoms with Gasteiger partial charge in [0.2, 0.25) is 5.91 Å². The van der Waals surface area contributed by atoms with Crippen LogP contribution in [0.25, 0.3) is 0 Å². The minimum absolute atomic E-state index is 0.00731. The number of nitriles is 1. The van der Waals surface area contributed by atoms with E-state index in [0.717, 1.165) is 0 Å². The van der Waals surface area contributed by atoms with Crippen LogP contribution in [0.4, 0.5) is 5.69 Å². The number of carboxylic acids is 1. The molecule has 0 saturated carbocycles. The third-order valence-electron chi connectivity index (χ3n) is 3.85. The molecule has 2 rings (SSSR count). The average Bonchev–Trinajstić information content (AvgIpc) is 2.53. The monoisotopic (exact) mass is 338 g/mol. The third-order valence-corrected chi connectivity index (χ3v) is 3.85. The Morgan fingerprint density at radius 1 is 1.20 bits per heavy atom. The molecular formula is C18H16N3O4-. The number of aromatic carboxylic acids is 1. The zero-order chi connectivity index (χ0) is 18.7. The van der Waals surface area contributed by atoms with Gasteiger partial charge in [-0.1, -0.05) is 6.07 Å². The van der Waals surface area contributed by atoms with Crippen molar-refractivity contribution >= 4 is 17.6 Å². The molecule has 0 radical (unpaired) electrons. The molecule has 1 N–H and O–H groups in total. The van der Waals surface area contributed by atoms with Gasteiger partial charge in [0, 0.05) is 11.4 Å². The molecule has 1 aromatic heterocycles. The van der Waals surface area contributed by atoms with Gasteiger partial charge in [-0.25, -0.2) is 0 Å². The van der Waals surface area contributed by atoms with E-state index >= 15 is 0 Å². The molecule has 0 fully saturated rings. The second-order valence-electron chi connectivity index (χ2n) is 5.71. The Bertz CT molecular complexity index is 968. The van der Waals surface area contributed by atoms with Gasteiger partial charge in [0.1, 0.15) is 18.2 Å². The van der Waals surface area contributed by atoms with Gasteiger partial charge in [-0.3, -0.25) is 9.59 Å². The number of hydrogen-bond donors (Lipinski definition) is 1. The van der Waals surface area contributed by atoms with Crippen LogP contribution in [-0.4, -0.2) is 16.4 Å². The molecule has 7 nitrogen and oxygen atoms in total. The van der Waals surface area contributed by atoms with E-state index in [1.165, 1.54) is 22.8 Å². The molecule has 0 bridgehead atoms. The number of anilines is 1. The molecule has 25 heavy (non-hydrogen) atoms. The van der Waals surface area contributed by atoms with E-state index in [9.17, 15) is 19.5 Å². The number of carbonyl (C=O) groups excluding carboxylic acids is 2. The van der Waals surface area contributed by atoms with Gasteiger partial charge in [-0.2, -0.15) is 5.26 Å². The van der Waals surface area contributed by atoms with Crippen LogP contribution in [0, 0.1) is 32.1 Å². The van der Waals surface area contributed by atoms with E-state index in [1.807, 2.05) is 6.07 Å². The van der Waals surface area contributed by atoms with E-state index in [-0.39, 0.29) is 17.7 Å². The zero-order valence-corrected chi connectivity index (χ0v) is 14.0. The second-order valence-corrected chi connectivity index (χ2v) is 5.71. The van der Waals surface area contributed by atoms with Crippen molar-refractivity contribution in [2.24, 2.45) is 0 Å². The van der Waals surface area contributed by atoms with Crippen molar-refractivity contribution in [1.29, 1.82) is 5.26 Å². The Hall–Kier alpha value is -3.40. The van der Waals surface area contributed by atoms with E-state index in [0.29, 0.717) is 22.5 Å². The molecule has 0 unspecified atom stereocenters. The van der Waals surface area contributed by atoms with E-state index in [1.54, 1.807) is 26.8 Å². The van der Waals surface area contributed by atoms with Crippen molar-refractivity contribution < 1.29 is 14.7 Å². The number of amides is 1. The number of aryl methyl sites for hydroxylation is 3. The van der Waals surface area contributed by atoms with E-state index in [4.69, 9.17) is 5.26 Å². The number of rotatable bonds is 4. The van der Waals surface area contributed by atoms with Crippen molar-refractivity contribution in [3.05, 3.63) is 62.6 Å². The first kappa shape index (κ1) is 17.9. The van der Waals surface area contributed by atoms with Gasteiger partial charge in [0.05, 0.1) is 5.97 Å². The fourth-order valence-electron chi connectivity index (χ4n) is 2.52. The molecule has 1 aromatic carbocycles. The first-order valence-corrected chi connectivity index (χ1v) is 7.47. The van der Waals surface area contributed by atoms with Crippen LogP contribution in [0.5, 0.6) is 0 Å². The fourth-order valence-corrected chi connectivity index (χ4v) is 2.52. The minimum atomic E-state index is -1.30. The molecular weight excluding hydrogens is 322 g/mol.